The largest absolute Gasteiger partial charge is 0.370 e. The topological polar surface area (TPSA) is 79.8 Å². The summed E-state index contributed by atoms with van der Waals surface area (Å²) in [5.41, 5.74) is 2.88. The van der Waals surface area contributed by atoms with E-state index in [1.165, 1.54) is 17.7 Å². The monoisotopic (exact) mass is 557 g/mol. The zero-order valence-electron chi connectivity index (χ0n) is 21.9. The smallest absolute Gasteiger partial charge is 0.280 e. The van der Waals surface area contributed by atoms with E-state index in [-0.39, 0.29) is 41.9 Å². The molecule has 2 saturated carbocycles. The lowest BCUT2D eigenvalue weighted by molar-refractivity contribution is -0.170. The number of amides is 3. The Morgan fingerprint density at radius 3 is 2.76 bits per heavy atom. The van der Waals surface area contributed by atoms with Crippen LogP contribution in [0.1, 0.15) is 79.5 Å². The van der Waals surface area contributed by atoms with Gasteiger partial charge in [0, 0.05) is 34.6 Å². The Balaban J connectivity index is 1.08. The van der Waals surface area contributed by atoms with Gasteiger partial charge in [-0.25, -0.2) is 4.98 Å². The molecule has 4 atom stereocenters. The van der Waals surface area contributed by atoms with Crippen LogP contribution in [0.4, 0.5) is 4.48 Å². The standard InChI is InChI=1S/C28H32FN3O4S2/c1-27(2)16-9-10-28(27,3)22(11-16)36-13-23-30-17(15-38-23)14-37-21-6-4-5-18-19(21)12-31(25(18)34)20-7-8-24(33)32(29)26(20)35/h4-6,15-16,20,22H,7-14H2,1-3H3. The maximum absolute atomic E-state index is 13.9. The molecule has 6 rings (SSSR count). The van der Waals surface area contributed by atoms with Gasteiger partial charge in [-0.1, -0.05) is 31.3 Å². The Kier molecular flexibility index (Phi) is 6.43. The zero-order chi connectivity index (χ0) is 26.8. The number of piperidine rings is 1. The number of aromatic nitrogens is 1. The summed E-state index contributed by atoms with van der Waals surface area (Å²) in [6.45, 7) is 7.93. The van der Waals surface area contributed by atoms with Crippen molar-refractivity contribution in [2.75, 3.05) is 0 Å². The summed E-state index contributed by atoms with van der Waals surface area (Å²) in [5.74, 6) is -0.725. The Bertz CT molecular complexity index is 1310. The first kappa shape index (κ1) is 26.0. The Hall–Kier alpha value is -2.30. The van der Waals surface area contributed by atoms with Crippen molar-refractivity contribution in [1.29, 1.82) is 0 Å². The van der Waals surface area contributed by atoms with Gasteiger partial charge >= 0.3 is 0 Å². The molecular weight excluding hydrogens is 525 g/mol. The molecule has 2 aromatic rings. The third kappa shape index (κ3) is 4.02. The Morgan fingerprint density at radius 2 is 2.03 bits per heavy atom. The number of carbonyl (C=O) groups excluding carboxylic acids is 3. The molecule has 4 unspecified atom stereocenters. The molecule has 3 amide bonds. The highest BCUT2D eigenvalue weighted by Crippen LogP contribution is 2.66. The van der Waals surface area contributed by atoms with Gasteiger partial charge in [0.05, 0.1) is 18.4 Å². The van der Waals surface area contributed by atoms with Crippen LogP contribution in [-0.2, 0) is 33.2 Å². The highest BCUT2D eigenvalue weighted by molar-refractivity contribution is 7.98. The molecule has 2 aliphatic carbocycles. The van der Waals surface area contributed by atoms with Gasteiger partial charge < -0.3 is 9.64 Å². The molecule has 2 bridgehead atoms. The second-order valence-corrected chi connectivity index (χ2v) is 13.7. The summed E-state index contributed by atoms with van der Waals surface area (Å²) >= 11 is 3.21. The van der Waals surface area contributed by atoms with Crippen LogP contribution in [0.5, 0.6) is 0 Å². The molecule has 1 aromatic carbocycles. The highest BCUT2D eigenvalue weighted by Gasteiger charge is 2.61. The number of fused-ring (bicyclic) bond motifs is 3. The van der Waals surface area contributed by atoms with Crippen molar-refractivity contribution in [3.63, 3.8) is 0 Å². The summed E-state index contributed by atoms with van der Waals surface area (Å²) in [4.78, 5) is 44.1. The van der Waals surface area contributed by atoms with Crippen LogP contribution < -0.4 is 0 Å². The van der Waals surface area contributed by atoms with Crippen LogP contribution in [0.3, 0.4) is 0 Å². The summed E-state index contributed by atoms with van der Waals surface area (Å²) in [7, 11) is 0. The van der Waals surface area contributed by atoms with Crippen LogP contribution in [0.25, 0.3) is 0 Å². The zero-order valence-corrected chi connectivity index (χ0v) is 23.5. The summed E-state index contributed by atoms with van der Waals surface area (Å²) in [5, 5.41) is 2.69. The minimum absolute atomic E-state index is 0.0944. The highest BCUT2D eigenvalue weighted by atomic mass is 32.2. The molecule has 1 aromatic heterocycles. The van der Waals surface area contributed by atoms with Crippen LogP contribution in [0.15, 0.2) is 28.5 Å². The fourth-order valence-corrected chi connectivity index (χ4v) is 8.72. The second-order valence-electron chi connectivity index (χ2n) is 11.7. The van der Waals surface area contributed by atoms with E-state index < -0.39 is 17.9 Å². The van der Waals surface area contributed by atoms with Crippen molar-refractivity contribution in [3.8, 4) is 0 Å². The van der Waals surface area contributed by atoms with Gasteiger partial charge in [-0.05, 0) is 60.1 Å². The normalized spacial score (nSPS) is 30.0. The fraction of sp³-hybridized carbons (Fsp3) is 0.571. The van der Waals surface area contributed by atoms with Crippen LogP contribution in [-0.4, -0.2) is 44.9 Å². The first-order chi connectivity index (χ1) is 18.1. The Labute approximate surface area is 230 Å². The summed E-state index contributed by atoms with van der Waals surface area (Å²) < 4.78 is 20.4. The lowest BCUT2D eigenvalue weighted by Crippen LogP contribution is -2.51. The van der Waals surface area contributed by atoms with Crippen molar-refractivity contribution in [3.05, 3.63) is 45.4 Å². The molecule has 7 nitrogen and oxygen atoms in total. The molecule has 0 N–H and O–H groups in total. The van der Waals surface area contributed by atoms with Crippen molar-refractivity contribution in [1.82, 2.24) is 15.0 Å². The average Bonchev–Trinajstić information content (AvgIpc) is 3.59. The minimum atomic E-state index is -0.961. The quantitative estimate of drug-likeness (QED) is 0.253. The minimum Gasteiger partial charge on any atom is -0.370 e. The maximum atomic E-state index is 13.9. The predicted octanol–water partition coefficient (Wildman–Crippen LogP) is 5.52. The molecule has 38 heavy (non-hydrogen) atoms. The molecular formula is C28H32FN3O4S2. The number of rotatable bonds is 7. The van der Waals surface area contributed by atoms with E-state index in [0.717, 1.165) is 33.5 Å². The fourth-order valence-electron chi connectivity index (χ4n) is 6.92. The SMILES string of the molecule is CC1(C)C2CCC1(C)C(OCc1nc(CSc3cccc4c3CN(C3CCC(=O)N(F)C3=O)C4=O)cs1)C2. The molecule has 0 spiro atoms. The predicted molar refractivity (Wildman–Crippen MR) is 142 cm³/mol. The van der Waals surface area contributed by atoms with Crippen LogP contribution in [0, 0.1) is 16.7 Å². The number of hydrogen-bond donors (Lipinski definition) is 0. The first-order valence-electron chi connectivity index (χ1n) is 13.2. The summed E-state index contributed by atoms with van der Waals surface area (Å²) in [6, 6.07) is 4.57. The molecule has 0 radical (unpaired) electrons. The van der Waals surface area contributed by atoms with Crippen molar-refractivity contribution in [2.45, 2.75) is 88.8 Å². The van der Waals surface area contributed by atoms with E-state index in [1.807, 2.05) is 12.1 Å². The Morgan fingerprint density at radius 1 is 1.21 bits per heavy atom. The number of benzene rings is 1. The van der Waals surface area contributed by atoms with Gasteiger partial charge in [0.15, 0.2) is 0 Å². The molecule has 202 valence electrons. The third-order valence-corrected chi connectivity index (χ3v) is 11.8. The molecule has 10 heteroatoms. The third-order valence-electron chi connectivity index (χ3n) is 9.75. The molecule has 2 aliphatic heterocycles. The lowest BCUT2D eigenvalue weighted by atomic mass is 9.70. The van der Waals surface area contributed by atoms with Gasteiger partial charge in [0.1, 0.15) is 11.0 Å². The average molecular weight is 558 g/mol. The number of halogens is 1. The lowest BCUT2D eigenvalue weighted by Gasteiger charge is -2.38. The molecule has 3 fully saturated rings. The van der Waals surface area contributed by atoms with E-state index in [0.29, 0.717) is 23.3 Å². The second kappa shape index (κ2) is 9.41. The molecule has 3 heterocycles. The maximum Gasteiger partial charge on any atom is 0.280 e. The van der Waals surface area contributed by atoms with Crippen molar-refractivity contribution < 1.29 is 23.6 Å². The van der Waals surface area contributed by atoms with Gasteiger partial charge in [0.25, 0.3) is 17.7 Å². The summed E-state index contributed by atoms with van der Waals surface area (Å²) in [6.07, 6.45) is 4.00. The van der Waals surface area contributed by atoms with Crippen LogP contribution >= 0.6 is 23.1 Å². The van der Waals surface area contributed by atoms with E-state index >= 15 is 0 Å². The first-order valence-corrected chi connectivity index (χ1v) is 15.1. The molecule has 1 saturated heterocycles. The number of hydrogen-bond acceptors (Lipinski definition) is 7. The number of imide groups is 1. The molecule has 4 aliphatic rings. The van der Waals surface area contributed by atoms with Gasteiger partial charge in [-0.15, -0.1) is 28.2 Å². The van der Waals surface area contributed by atoms with Crippen molar-refractivity contribution >= 4 is 40.8 Å². The number of thioether (sulfide) groups is 1. The van der Waals surface area contributed by atoms with E-state index in [1.54, 1.807) is 29.2 Å². The number of ether oxygens (including phenoxy) is 1. The van der Waals surface area contributed by atoms with Crippen molar-refractivity contribution in [2.24, 2.45) is 16.7 Å². The van der Waals surface area contributed by atoms with E-state index in [4.69, 9.17) is 9.72 Å². The van der Waals surface area contributed by atoms with Crippen LogP contribution in [0.2, 0.25) is 0 Å². The van der Waals surface area contributed by atoms with E-state index in [2.05, 4.69) is 26.2 Å². The number of nitrogens with zero attached hydrogens (tertiary/aromatic N) is 3. The number of carbonyl (C=O) groups is 3. The van der Waals surface area contributed by atoms with Gasteiger partial charge in [-0.3, -0.25) is 14.4 Å². The van der Waals surface area contributed by atoms with E-state index in [9.17, 15) is 18.9 Å². The van der Waals surface area contributed by atoms with Gasteiger partial charge in [0.2, 0.25) is 0 Å². The number of thiazole rings is 1. The van der Waals surface area contributed by atoms with Gasteiger partial charge in [-0.2, -0.15) is 0 Å².